The van der Waals surface area contributed by atoms with Crippen molar-refractivity contribution in [3.8, 4) is 0 Å². The van der Waals surface area contributed by atoms with Crippen LogP contribution in [0.25, 0.3) is 0 Å². The zero-order valence-corrected chi connectivity index (χ0v) is 14.8. The Balaban J connectivity index is 2.74. The van der Waals surface area contributed by atoms with E-state index in [2.05, 4.69) is 46.4 Å². The van der Waals surface area contributed by atoms with Gasteiger partial charge in [-0.2, -0.15) is 0 Å². The molecular weight excluding hydrogens is 244 g/mol. The van der Waals surface area contributed by atoms with Gasteiger partial charge in [-0.15, -0.1) is 0 Å². The van der Waals surface area contributed by atoms with Gasteiger partial charge in [0.1, 0.15) is 0 Å². The fourth-order valence-electron chi connectivity index (χ4n) is 3.62. The molecule has 1 saturated carbocycles. The van der Waals surface area contributed by atoms with Crippen LogP contribution in [0.15, 0.2) is 0 Å². The van der Waals surface area contributed by atoms with Crippen LogP contribution in [0.3, 0.4) is 0 Å². The highest BCUT2D eigenvalue weighted by Gasteiger charge is 2.38. The van der Waals surface area contributed by atoms with Crippen LogP contribution in [0, 0.1) is 17.3 Å². The Morgan fingerprint density at radius 2 is 1.85 bits per heavy atom. The molecule has 4 unspecified atom stereocenters. The number of nitrogens with zero attached hydrogens (tertiary/aromatic N) is 1. The van der Waals surface area contributed by atoms with Gasteiger partial charge in [0.15, 0.2) is 0 Å². The molecule has 1 rings (SSSR count). The van der Waals surface area contributed by atoms with Crippen LogP contribution in [0.1, 0.15) is 73.6 Å². The van der Waals surface area contributed by atoms with Gasteiger partial charge >= 0.3 is 0 Å². The maximum absolute atomic E-state index is 6.48. The van der Waals surface area contributed by atoms with Crippen LogP contribution in [0.2, 0.25) is 0 Å². The summed E-state index contributed by atoms with van der Waals surface area (Å²) in [6, 6.07) is 0.974. The monoisotopic (exact) mass is 282 g/mol. The van der Waals surface area contributed by atoms with Crippen molar-refractivity contribution in [3.63, 3.8) is 0 Å². The van der Waals surface area contributed by atoms with Crippen molar-refractivity contribution in [2.24, 2.45) is 23.0 Å². The summed E-state index contributed by atoms with van der Waals surface area (Å²) >= 11 is 0. The number of likely N-dealkylation sites (N-methyl/N-ethyl adjacent to an activating group) is 1. The highest BCUT2D eigenvalue weighted by molar-refractivity contribution is 4.93. The molecule has 4 atom stereocenters. The van der Waals surface area contributed by atoms with Gasteiger partial charge in [-0.25, -0.2) is 0 Å². The first-order valence-electron chi connectivity index (χ1n) is 8.85. The number of nitrogens with two attached hydrogens (primary N) is 1. The lowest BCUT2D eigenvalue weighted by molar-refractivity contribution is 0.0553. The molecule has 0 bridgehead atoms. The predicted octanol–water partition coefficient (Wildman–Crippen LogP) is 4.29. The van der Waals surface area contributed by atoms with Crippen molar-refractivity contribution in [1.29, 1.82) is 0 Å². The van der Waals surface area contributed by atoms with Crippen LogP contribution in [-0.2, 0) is 0 Å². The molecule has 2 heteroatoms. The molecule has 0 aromatic rings. The third-order valence-corrected chi connectivity index (χ3v) is 6.00. The van der Waals surface area contributed by atoms with Crippen molar-refractivity contribution in [3.05, 3.63) is 0 Å². The van der Waals surface area contributed by atoms with E-state index in [0.29, 0.717) is 17.5 Å². The second kappa shape index (κ2) is 7.79. The van der Waals surface area contributed by atoms with Gasteiger partial charge in [0.2, 0.25) is 0 Å². The van der Waals surface area contributed by atoms with Crippen molar-refractivity contribution in [2.75, 3.05) is 13.1 Å². The van der Waals surface area contributed by atoms with Gasteiger partial charge < -0.3 is 5.73 Å². The van der Waals surface area contributed by atoms with Crippen LogP contribution >= 0.6 is 0 Å². The molecule has 0 spiro atoms. The van der Waals surface area contributed by atoms with Gasteiger partial charge in [0.05, 0.1) is 0 Å². The first-order valence-corrected chi connectivity index (χ1v) is 8.85. The van der Waals surface area contributed by atoms with Crippen LogP contribution in [-0.4, -0.2) is 30.1 Å². The van der Waals surface area contributed by atoms with Crippen molar-refractivity contribution < 1.29 is 0 Å². The van der Waals surface area contributed by atoms with Crippen molar-refractivity contribution >= 4 is 0 Å². The van der Waals surface area contributed by atoms with E-state index >= 15 is 0 Å². The zero-order chi connectivity index (χ0) is 15.3. The maximum atomic E-state index is 6.48. The molecule has 0 radical (unpaired) electrons. The summed E-state index contributed by atoms with van der Waals surface area (Å²) in [7, 11) is 0. The third-order valence-electron chi connectivity index (χ3n) is 6.00. The molecule has 0 aromatic heterocycles. The van der Waals surface area contributed by atoms with E-state index in [9.17, 15) is 0 Å². The lowest BCUT2D eigenvalue weighted by atomic mass is 9.67. The highest BCUT2D eigenvalue weighted by Crippen LogP contribution is 2.41. The Morgan fingerprint density at radius 1 is 1.20 bits per heavy atom. The minimum absolute atomic E-state index is 0.378. The summed E-state index contributed by atoms with van der Waals surface area (Å²) in [5, 5.41) is 0. The summed E-state index contributed by atoms with van der Waals surface area (Å²) in [6.07, 6.45) is 6.36. The quantitative estimate of drug-likeness (QED) is 0.755. The molecule has 0 aliphatic heterocycles. The van der Waals surface area contributed by atoms with Gasteiger partial charge in [0.25, 0.3) is 0 Å². The molecule has 0 saturated heterocycles. The van der Waals surface area contributed by atoms with Gasteiger partial charge in [-0.3, -0.25) is 4.90 Å². The first kappa shape index (κ1) is 18.0. The minimum Gasteiger partial charge on any atom is -0.326 e. The Hall–Kier alpha value is -0.0800. The fourth-order valence-corrected chi connectivity index (χ4v) is 3.62. The largest absolute Gasteiger partial charge is 0.326 e. The van der Waals surface area contributed by atoms with E-state index in [0.717, 1.165) is 18.4 Å². The molecule has 20 heavy (non-hydrogen) atoms. The molecule has 120 valence electrons. The Labute approximate surface area is 127 Å². The van der Waals surface area contributed by atoms with Gasteiger partial charge in [-0.1, -0.05) is 54.4 Å². The van der Waals surface area contributed by atoms with E-state index in [-0.39, 0.29) is 0 Å². The van der Waals surface area contributed by atoms with Crippen LogP contribution in [0.5, 0.6) is 0 Å². The molecule has 0 amide bonds. The molecule has 1 aliphatic carbocycles. The van der Waals surface area contributed by atoms with Crippen molar-refractivity contribution in [1.82, 2.24) is 4.90 Å². The van der Waals surface area contributed by atoms with E-state index in [1.165, 1.54) is 38.6 Å². The molecule has 1 aliphatic rings. The number of hydrogen-bond acceptors (Lipinski definition) is 2. The SMILES string of the molecule is CCC(C)CN(CC)C1CC(C(C)(C)CC)CCC1N. The summed E-state index contributed by atoms with van der Waals surface area (Å²) in [5.41, 5.74) is 6.94. The third kappa shape index (κ3) is 4.46. The second-order valence-electron chi connectivity index (χ2n) is 7.68. The highest BCUT2D eigenvalue weighted by atomic mass is 15.2. The lowest BCUT2D eigenvalue weighted by Crippen LogP contribution is -2.53. The zero-order valence-electron chi connectivity index (χ0n) is 14.8. The Morgan fingerprint density at radius 3 is 2.35 bits per heavy atom. The average molecular weight is 283 g/mol. The molecule has 0 aromatic carbocycles. The molecule has 1 fully saturated rings. The molecule has 2 nitrogen and oxygen atoms in total. The number of hydrogen-bond donors (Lipinski definition) is 1. The van der Waals surface area contributed by atoms with E-state index in [1.54, 1.807) is 0 Å². The summed E-state index contributed by atoms with van der Waals surface area (Å²) in [6.45, 7) is 16.5. The molecular formula is C18H38N2. The lowest BCUT2D eigenvalue weighted by Gasteiger charge is -2.46. The van der Waals surface area contributed by atoms with E-state index in [4.69, 9.17) is 5.73 Å². The topological polar surface area (TPSA) is 29.3 Å². The summed E-state index contributed by atoms with van der Waals surface area (Å²) in [4.78, 5) is 2.66. The smallest absolute Gasteiger partial charge is 0.0250 e. The summed E-state index contributed by atoms with van der Waals surface area (Å²) in [5.74, 6) is 1.62. The average Bonchev–Trinajstić information content (AvgIpc) is 2.45. The minimum atomic E-state index is 0.378. The Bertz CT molecular complexity index is 275. The molecule has 2 N–H and O–H groups in total. The van der Waals surface area contributed by atoms with Crippen molar-refractivity contribution in [2.45, 2.75) is 85.7 Å². The van der Waals surface area contributed by atoms with E-state index in [1.807, 2.05) is 0 Å². The second-order valence-corrected chi connectivity index (χ2v) is 7.68. The van der Waals surface area contributed by atoms with Crippen LogP contribution < -0.4 is 5.73 Å². The standard InChI is InChI=1S/C18H38N2/c1-7-14(4)13-20(9-3)17-12-15(10-11-16(17)19)18(5,6)8-2/h14-17H,7-13,19H2,1-6H3. The summed E-state index contributed by atoms with van der Waals surface area (Å²) < 4.78 is 0. The molecule has 0 heterocycles. The van der Waals surface area contributed by atoms with Gasteiger partial charge in [-0.05, 0) is 43.1 Å². The predicted molar refractivity (Wildman–Crippen MR) is 89.9 cm³/mol. The first-order chi connectivity index (χ1) is 9.35. The normalized spacial score (nSPS) is 29.7. The van der Waals surface area contributed by atoms with Crippen LogP contribution in [0.4, 0.5) is 0 Å². The fraction of sp³-hybridized carbons (Fsp3) is 1.00. The Kier molecular flexibility index (Phi) is 7.00. The van der Waals surface area contributed by atoms with Gasteiger partial charge in [0, 0.05) is 18.6 Å². The number of rotatable bonds is 7. The maximum Gasteiger partial charge on any atom is 0.0250 e. The van der Waals surface area contributed by atoms with E-state index < -0.39 is 0 Å².